The zero-order chi connectivity index (χ0) is 14.4. The Kier molecular flexibility index (Phi) is 5.03. The van der Waals surface area contributed by atoms with E-state index in [0.29, 0.717) is 5.56 Å². The van der Waals surface area contributed by atoms with E-state index in [1.807, 2.05) is 24.3 Å². The number of rotatable bonds is 5. The molecule has 0 aliphatic heterocycles. The summed E-state index contributed by atoms with van der Waals surface area (Å²) in [6, 6.07) is 15.8. The minimum Gasteiger partial charge on any atom is -0.497 e. The van der Waals surface area contributed by atoms with Crippen molar-refractivity contribution in [1.29, 1.82) is 5.26 Å². The molecule has 0 aliphatic carbocycles. The van der Waals surface area contributed by atoms with Crippen LogP contribution in [0.5, 0.6) is 5.75 Å². The lowest BCUT2D eigenvalue weighted by Crippen LogP contribution is -2.04. The van der Waals surface area contributed by atoms with Crippen molar-refractivity contribution in [3.8, 4) is 11.8 Å². The molecule has 1 N–H and O–H groups in total. The van der Waals surface area contributed by atoms with Crippen molar-refractivity contribution in [2.45, 2.75) is 6.42 Å². The van der Waals surface area contributed by atoms with Gasteiger partial charge in [-0.15, -0.1) is 0 Å². The molecule has 0 fully saturated rings. The first-order valence-corrected chi connectivity index (χ1v) is 7.08. The predicted molar refractivity (Wildman–Crippen MR) is 84.0 cm³/mol. The first-order chi connectivity index (χ1) is 9.72. The molecule has 2 rings (SSSR count). The summed E-state index contributed by atoms with van der Waals surface area (Å²) in [7, 11) is 1.67. The van der Waals surface area contributed by atoms with Crippen molar-refractivity contribution in [1.82, 2.24) is 0 Å². The standard InChI is InChI=1S/C16H15BrN2O/c1-20-15-6-2-12(3-7-15)8-9-19-14-5-4-13(11-18)16(17)10-14/h2-7,10,19H,8-9H2,1H3. The van der Waals surface area contributed by atoms with Gasteiger partial charge in [0, 0.05) is 16.7 Å². The molecule has 0 aliphatic rings. The topological polar surface area (TPSA) is 45.0 Å². The molecule has 0 amide bonds. The van der Waals surface area contributed by atoms with Gasteiger partial charge in [-0.05, 0) is 58.2 Å². The maximum atomic E-state index is 8.87. The van der Waals surface area contributed by atoms with Gasteiger partial charge in [0.05, 0.1) is 12.7 Å². The van der Waals surface area contributed by atoms with Gasteiger partial charge in [-0.1, -0.05) is 12.1 Å². The lowest BCUT2D eigenvalue weighted by molar-refractivity contribution is 0.414. The molecule has 0 aromatic heterocycles. The van der Waals surface area contributed by atoms with Gasteiger partial charge in [0.2, 0.25) is 0 Å². The smallest absolute Gasteiger partial charge is 0.118 e. The van der Waals surface area contributed by atoms with E-state index in [0.717, 1.165) is 28.9 Å². The van der Waals surface area contributed by atoms with Gasteiger partial charge in [0.1, 0.15) is 11.8 Å². The number of hydrogen-bond acceptors (Lipinski definition) is 3. The first-order valence-electron chi connectivity index (χ1n) is 6.29. The van der Waals surface area contributed by atoms with Crippen LogP contribution in [0.15, 0.2) is 46.9 Å². The van der Waals surface area contributed by atoms with E-state index in [-0.39, 0.29) is 0 Å². The average Bonchev–Trinajstić information content (AvgIpc) is 2.48. The minimum absolute atomic E-state index is 0.644. The molecule has 0 heterocycles. The normalized spacial score (nSPS) is 9.85. The third kappa shape index (κ3) is 3.75. The van der Waals surface area contributed by atoms with Crippen molar-refractivity contribution < 1.29 is 4.74 Å². The Bertz CT molecular complexity index is 617. The molecular weight excluding hydrogens is 316 g/mol. The van der Waals surface area contributed by atoms with Crippen LogP contribution >= 0.6 is 15.9 Å². The summed E-state index contributed by atoms with van der Waals surface area (Å²) >= 11 is 3.38. The molecule has 0 spiro atoms. The second-order valence-electron chi connectivity index (χ2n) is 4.33. The Morgan fingerprint density at radius 3 is 2.55 bits per heavy atom. The zero-order valence-electron chi connectivity index (χ0n) is 11.2. The number of methoxy groups -OCH3 is 1. The van der Waals surface area contributed by atoms with Crippen molar-refractivity contribution >= 4 is 21.6 Å². The first kappa shape index (κ1) is 14.4. The Hall–Kier alpha value is -1.99. The summed E-state index contributed by atoms with van der Waals surface area (Å²) in [5, 5.41) is 12.2. The van der Waals surface area contributed by atoms with E-state index >= 15 is 0 Å². The fraction of sp³-hybridized carbons (Fsp3) is 0.188. The SMILES string of the molecule is COc1ccc(CCNc2ccc(C#N)c(Br)c2)cc1. The van der Waals surface area contributed by atoms with Crippen molar-refractivity contribution in [3.05, 3.63) is 58.1 Å². The third-order valence-electron chi connectivity index (χ3n) is 2.99. The van der Waals surface area contributed by atoms with Gasteiger partial charge < -0.3 is 10.1 Å². The van der Waals surface area contributed by atoms with E-state index in [2.05, 4.69) is 39.4 Å². The molecule has 2 aromatic carbocycles. The van der Waals surface area contributed by atoms with Gasteiger partial charge in [-0.25, -0.2) is 0 Å². The van der Waals surface area contributed by atoms with E-state index in [1.54, 1.807) is 13.2 Å². The summed E-state index contributed by atoms with van der Waals surface area (Å²) in [5.74, 6) is 0.873. The minimum atomic E-state index is 0.644. The van der Waals surface area contributed by atoms with Gasteiger partial charge >= 0.3 is 0 Å². The number of nitrogens with one attached hydrogen (secondary N) is 1. The molecule has 0 radical (unpaired) electrons. The molecular formula is C16H15BrN2O. The van der Waals surface area contributed by atoms with Gasteiger partial charge in [-0.2, -0.15) is 5.26 Å². The van der Waals surface area contributed by atoms with Crippen LogP contribution in [0.3, 0.4) is 0 Å². The summed E-state index contributed by atoms with van der Waals surface area (Å²) in [5.41, 5.74) is 2.90. The molecule has 2 aromatic rings. The lowest BCUT2D eigenvalue weighted by Gasteiger charge is -2.08. The maximum absolute atomic E-state index is 8.87. The highest BCUT2D eigenvalue weighted by Gasteiger charge is 2.00. The summed E-state index contributed by atoms with van der Waals surface area (Å²) in [6.07, 6.45) is 0.932. The van der Waals surface area contributed by atoms with E-state index < -0.39 is 0 Å². The van der Waals surface area contributed by atoms with E-state index in [4.69, 9.17) is 10.00 Å². The third-order valence-corrected chi connectivity index (χ3v) is 3.65. The highest BCUT2D eigenvalue weighted by molar-refractivity contribution is 9.10. The Labute approximate surface area is 127 Å². The second-order valence-corrected chi connectivity index (χ2v) is 5.19. The van der Waals surface area contributed by atoms with Crippen LogP contribution in [0.1, 0.15) is 11.1 Å². The van der Waals surface area contributed by atoms with Crippen LogP contribution in [0.25, 0.3) is 0 Å². The van der Waals surface area contributed by atoms with Crippen LogP contribution in [0.4, 0.5) is 5.69 Å². The molecule has 0 saturated heterocycles. The lowest BCUT2D eigenvalue weighted by atomic mass is 10.1. The number of ether oxygens (including phenoxy) is 1. The van der Waals surface area contributed by atoms with Crippen molar-refractivity contribution in [2.75, 3.05) is 19.0 Å². The van der Waals surface area contributed by atoms with Crippen LogP contribution < -0.4 is 10.1 Å². The predicted octanol–water partition coefficient (Wildman–Crippen LogP) is 3.98. The molecule has 4 heteroatoms. The molecule has 0 bridgehead atoms. The molecule has 3 nitrogen and oxygen atoms in total. The van der Waals surface area contributed by atoms with Crippen LogP contribution in [-0.2, 0) is 6.42 Å². The molecule has 102 valence electrons. The Morgan fingerprint density at radius 1 is 1.20 bits per heavy atom. The summed E-state index contributed by atoms with van der Waals surface area (Å²) < 4.78 is 5.95. The van der Waals surface area contributed by atoms with Crippen LogP contribution in [-0.4, -0.2) is 13.7 Å². The number of halogens is 1. The average molecular weight is 331 g/mol. The highest BCUT2D eigenvalue weighted by atomic mass is 79.9. The molecule has 0 saturated carbocycles. The quantitative estimate of drug-likeness (QED) is 0.901. The van der Waals surface area contributed by atoms with Gasteiger partial charge in [0.25, 0.3) is 0 Å². The van der Waals surface area contributed by atoms with Crippen LogP contribution in [0, 0.1) is 11.3 Å². The van der Waals surface area contributed by atoms with Gasteiger partial charge in [-0.3, -0.25) is 0 Å². The molecule has 0 atom stereocenters. The number of hydrogen-bond donors (Lipinski definition) is 1. The number of nitrogens with zero attached hydrogens (tertiary/aromatic N) is 1. The monoisotopic (exact) mass is 330 g/mol. The largest absolute Gasteiger partial charge is 0.497 e. The van der Waals surface area contributed by atoms with Crippen LogP contribution in [0.2, 0.25) is 0 Å². The second kappa shape index (κ2) is 6.97. The van der Waals surface area contributed by atoms with Crippen molar-refractivity contribution in [2.24, 2.45) is 0 Å². The maximum Gasteiger partial charge on any atom is 0.118 e. The summed E-state index contributed by atoms with van der Waals surface area (Å²) in [6.45, 7) is 0.838. The van der Waals surface area contributed by atoms with E-state index in [9.17, 15) is 0 Å². The molecule has 0 unspecified atom stereocenters. The highest BCUT2D eigenvalue weighted by Crippen LogP contribution is 2.20. The molecule has 20 heavy (non-hydrogen) atoms. The summed E-state index contributed by atoms with van der Waals surface area (Å²) in [4.78, 5) is 0. The fourth-order valence-electron chi connectivity index (χ4n) is 1.86. The Balaban J connectivity index is 1.89. The number of anilines is 1. The van der Waals surface area contributed by atoms with Gasteiger partial charge in [0.15, 0.2) is 0 Å². The number of benzene rings is 2. The van der Waals surface area contributed by atoms with Crippen molar-refractivity contribution in [3.63, 3.8) is 0 Å². The fourth-order valence-corrected chi connectivity index (χ4v) is 2.33. The zero-order valence-corrected chi connectivity index (χ0v) is 12.8. The van der Waals surface area contributed by atoms with E-state index in [1.165, 1.54) is 5.56 Å². The number of nitriles is 1. The Morgan fingerprint density at radius 2 is 1.95 bits per heavy atom.